The molecule has 0 aliphatic rings. The second-order valence-corrected chi connectivity index (χ2v) is 5.13. The van der Waals surface area contributed by atoms with Crippen LogP contribution in [-0.2, 0) is 11.8 Å². The molecule has 0 saturated carbocycles. The fourth-order valence-electron chi connectivity index (χ4n) is 1.35. The number of aryl methyl sites for hydroxylation is 1. The van der Waals surface area contributed by atoms with E-state index in [0.717, 1.165) is 0 Å². The van der Waals surface area contributed by atoms with Gasteiger partial charge in [-0.15, -0.1) is 0 Å². The number of rotatable bonds is 3. The molecule has 100 valence electrons. The maximum Gasteiger partial charge on any atom is 0.408 e. The van der Waals surface area contributed by atoms with Crippen LogP contribution in [0.25, 0.3) is 0 Å². The highest BCUT2D eigenvalue weighted by Gasteiger charge is 2.22. The number of ketones is 1. The lowest BCUT2D eigenvalue weighted by molar-refractivity contribution is 0.0497. The molecule has 1 heterocycles. The Balaban J connectivity index is 2.58. The first-order valence-electron chi connectivity index (χ1n) is 5.71. The Morgan fingerprint density at radius 3 is 2.50 bits per heavy atom. The number of carbonyl (C=O) groups is 2. The molecule has 1 rings (SSSR count). The second kappa shape index (κ2) is 5.20. The van der Waals surface area contributed by atoms with Gasteiger partial charge in [0.05, 0.1) is 17.8 Å². The van der Waals surface area contributed by atoms with Gasteiger partial charge < -0.3 is 10.1 Å². The molecule has 0 spiro atoms. The topological polar surface area (TPSA) is 73.2 Å². The monoisotopic (exact) mass is 253 g/mol. The first kappa shape index (κ1) is 14.2. The van der Waals surface area contributed by atoms with Crippen molar-refractivity contribution in [2.75, 3.05) is 0 Å². The van der Waals surface area contributed by atoms with Gasteiger partial charge in [0.1, 0.15) is 5.60 Å². The van der Waals surface area contributed by atoms with Crippen molar-refractivity contribution in [3.05, 3.63) is 18.0 Å². The van der Waals surface area contributed by atoms with E-state index >= 15 is 0 Å². The molecule has 0 saturated heterocycles. The SMILES string of the molecule is C[C@H](NC(=O)OC(C)(C)C)C(=O)c1cnn(C)c1. The number of nitrogens with one attached hydrogen (secondary N) is 1. The molecule has 6 nitrogen and oxygen atoms in total. The molecule has 1 aromatic rings. The molecule has 1 amide bonds. The van der Waals surface area contributed by atoms with Crippen LogP contribution < -0.4 is 5.32 Å². The zero-order valence-electron chi connectivity index (χ0n) is 11.4. The van der Waals surface area contributed by atoms with Crippen LogP contribution in [0.4, 0.5) is 4.79 Å². The average Bonchev–Trinajstić information content (AvgIpc) is 2.60. The van der Waals surface area contributed by atoms with Gasteiger partial charge in [-0.25, -0.2) is 4.79 Å². The van der Waals surface area contributed by atoms with Crippen molar-refractivity contribution in [2.45, 2.75) is 39.3 Å². The zero-order valence-corrected chi connectivity index (χ0v) is 11.4. The van der Waals surface area contributed by atoms with Crippen LogP contribution in [0.3, 0.4) is 0 Å². The Labute approximate surface area is 106 Å². The second-order valence-electron chi connectivity index (χ2n) is 5.13. The Morgan fingerprint density at radius 2 is 2.06 bits per heavy atom. The van der Waals surface area contributed by atoms with Crippen molar-refractivity contribution >= 4 is 11.9 Å². The minimum absolute atomic E-state index is 0.200. The summed E-state index contributed by atoms with van der Waals surface area (Å²) in [7, 11) is 1.72. The van der Waals surface area contributed by atoms with Crippen molar-refractivity contribution in [3.8, 4) is 0 Å². The third kappa shape index (κ3) is 4.20. The van der Waals surface area contributed by atoms with Crippen LogP contribution in [0.5, 0.6) is 0 Å². The maximum atomic E-state index is 11.9. The molecule has 0 fully saturated rings. The van der Waals surface area contributed by atoms with Gasteiger partial charge in [-0.2, -0.15) is 5.10 Å². The van der Waals surface area contributed by atoms with Crippen LogP contribution in [-0.4, -0.2) is 33.3 Å². The van der Waals surface area contributed by atoms with Gasteiger partial charge in [0.15, 0.2) is 5.78 Å². The molecular formula is C12H19N3O3. The highest BCUT2D eigenvalue weighted by atomic mass is 16.6. The summed E-state index contributed by atoms with van der Waals surface area (Å²) in [5.74, 6) is -0.200. The number of hydrogen-bond donors (Lipinski definition) is 1. The van der Waals surface area contributed by atoms with Crippen molar-refractivity contribution < 1.29 is 14.3 Å². The largest absolute Gasteiger partial charge is 0.444 e. The van der Waals surface area contributed by atoms with Gasteiger partial charge in [-0.1, -0.05) is 0 Å². The number of aromatic nitrogens is 2. The lowest BCUT2D eigenvalue weighted by Crippen LogP contribution is -2.41. The van der Waals surface area contributed by atoms with E-state index < -0.39 is 17.7 Å². The normalized spacial score (nSPS) is 12.9. The van der Waals surface area contributed by atoms with Gasteiger partial charge in [-0.3, -0.25) is 9.48 Å². The van der Waals surface area contributed by atoms with Crippen LogP contribution in [0, 0.1) is 0 Å². The van der Waals surface area contributed by atoms with E-state index in [2.05, 4.69) is 10.4 Å². The Bertz CT molecular complexity index is 446. The predicted molar refractivity (Wildman–Crippen MR) is 66.4 cm³/mol. The molecule has 1 N–H and O–H groups in total. The third-order valence-electron chi connectivity index (χ3n) is 2.12. The quantitative estimate of drug-likeness (QED) is 0.829. The van der Waals surface area contributed by atoms with Crippen molar-refractivity contribution in [3.63, 3.8) is 0 Å². The number of hydrogen-bond acceptors (Lipinski definition) is 4. The summed E-state index contributed by atoms with van der Waals surface area (Å²) in [5, 5.41) is 6.41. The molecular weight excluding hydrogens is 234 g/mol. The summed E-state index contributed by atoms with van der Waals surface area (Å²) < 4.78 is 6.61. The van der Waals surface area contributed by atoms with E-state index in [0.29, 0.717) is 5.56 Å². The van der Waals surface area contributed by atoms with Gasteiger partial charge >= 0.3 is 6.09 Å². The summed E-state index contributed by atoms with van der Waals surface area (Å²) in [6.07, 6.45) is 2.47. The highest BCUT2D eigenvalue weighted by Crippen LogP contribution is 2.08. The fraction of sp³-hybridized carbons (Fsp3) is 0.583. The molecule has 0 bridgehead atoms. The molecule has 6 heteroatoms. The maximum absolute atomic E-state index is 11.9. The molecule has 0 aliphatic heterocycles. The summed E-state index contributed by atoms with van der Waals surface area (Å²) in [5.41, 5.74) is -0.123. The van der Waals surface area contributed by atoms with Crippen LogP contribution in [0.1, 0.15) is 38.1 Å². The summed E-state index contributed by atoms with van der Waals surface area (Å²) in [6, 6.07) is -0.649. The van der Waals surface area contributed by atoms with Crippen molar-refractivity contribution in [1.82, 2.24) is 15.1 Å². The number of carbonyl (C=O) groups excluding carboxylic acids is 2. The van der Waals surface area contributed by atoms with Gasteiger partial charge in [0, 0.05) is 13.2 Å². The van der Waals surface area contributed by atoms with E-state index in [1.807, 2.05) is 0 Å². The predicted octanol–water partition coefficient (Wildman–Crippen LogP) is 1.52. The smallest absolute Gasteiger partial charge is 0.408 e. The van der Waals surface area contributed by atoms with Gasteiger partial charge in [-0.05, 0) is 27.7 Å². The summed E-state index contributed by atoms with van der Waals surface area (Å²) in [4.78, 5) is 23.4. The average molecular weight is 253 g/mol. The first-order valence-corrected chi connectivity index (χ1v) is 5.71. The minimum Gasteiger partial charge on any atom is -0.444 e. The molecule has 1 aromatic heterocycles. The van der Waals surface area contributed by atoms with Gasteiger partial charge in [0.2, 0.25) is 0 Å². The number of nitrogens with zero attached hydrogens (tertiary/aromatic N) is 2. The lowest BCUT2D eigenvalue weighted by atomic mass is 10.1. The zero-order chi connectivity index (χ0) is 13.9. The first-order chi connectivity index (χ1) is 8.19. The minimum atomic E-state index is -0.649. The number of amides is 1. The molecule has 0 radical (unpaired) electrons. The van der Waals surface area contributed by atoms with Gasteiger partial charge in [0.25, 0.3) is 0 Å². The van der Waals surface area contributed by atoms with E-state index in [9.17, 15) is 9.59 Å². The molecule has 1 atom stereocenters. The Kier molecular flexibility index (Phi) is 4.11. The lowest BCUT2D eigenvalue weighted by Gasteiger charge is -2.21. The number of ether oxygens (including phenoxy) is 1. The van der Waals surface area contributed by atoms with Crippen LogP contribution in [0.15, 0.2) is 12.4 Å². The Morgan fingerprint density at radius 1 is 1.44 bits per heavy atom. The number of alkyl carbamates (subject to hydrolysis) is 1. The Hall–Kier alpha value is -1.85. The standard InChI is InChI=1S/C12H19N3O3/c1-8(14-11(17)18-12(2,3)4)10(16)9-6-13-15(5)7-9/h6-8H,1-5H3,(H,14,17)/t8-/m0/s1. The van der Waals surface area contributed by atoms with Crippen LogP contribution >= 0.6 is 0 Å². The van der Waals surface area contributed by atoms with E-state index in [-0.39, 0.29) is 5.78 Å². The summed E-state index contributed by atoms with van der Waals surface area (Å²) in [6.45, 7) is 6.90. The third-order valence-corrected chi connectivity index (χ3v) is 2.12. The highest BCUT2D eigenvalue weighted by molar-refractivity contribution is 6.00. The van der Waals surface area contributed by atoms with E-state index in [4.69, 9.17) is 4.74 Å². The van der Waals surface area contributed by atoms with E-state index in [1.54, 1.807) is 40.9 Å². The van der Waals surface area contributed by atoms with Crippen molar-refractivity contribution in [1.29, 1.82) is 0 Å². The molecule has 0 unspecified atom stereocenters. The number of Topliss-reactive ketones (excluding diaryl/α,β-unsaturated/α-hetero) is 1. The molecule has 0 aliphatic carbocycles. The van der Waals surface area contributed by atoms with Crippen molar-refractivity contribution in [2.24, 2.45) is 7.05 Å². The van der Waals surface area contributed by atoms with Crippen LogP contribution in [0.2, 0.25) is 0 Å². The fourth-order valence-corrected chi connectivity index (χ4v) is 1.35. The molecule has 0 aromatic carbocycles. The van der Waals surface area contributed by atoms with E-state index in [1.165, 1.54) is 10.9 Å². The molecule has 18 heavy (non-hydrogen) atoms. The summed E-state index contributed by atoms with van der Waals surface area (Å²) >= 11 is 0.